The van der Waals surface area contributed by atoms with Crippen LogP contribution in [-0.2, 0) is 12.1 Å². The Morgan fingerprint density at radius 1 is 0.609 bits per heavy atom. The molecule has 0 nitrogen and oxygen atoms in total. The second-order valence-electron chi connectivity index (χ2n) is 6.20. The van der Waals surface area contributed by atoms with Crippen molar-refractivity contribution in [2.75, 3.05) is 0 Å². The number of benzene rings is 2. The van der Waals surface area contributed by atoms with Gasteiger partial charge in [-0.3, -0.25) is 0 Å². The summed E-state index contributed by atoms with van der Waals surface area (Å²) >= 11 is 0. The summed E-state index contributed by atoms with van der Waals surface area (Å²) in [5, 5.41) is 0. The summed E-state index contributed by atoms with van der Waals surface area (Å²) in [5.41, 5.74) is 8.46. The van der Waals surface area contributed by atoms with Crippen molar-refractivity contribution in [2.24, 2.45) is 0 Å². The van der Waals surface area contributed by atoms with Crippen LogP contribution in [0.1, 0.15) is 33.4 Å². The minimum Gasteiger partial charge on any atom is -0.347 e. The van der Waals surface area contributed by atoms with E-state index in [4.69, 9.17) is 0 Å². The van der Waals surface area contributed by atoms with E-state index in [1.807, 2.05) is 0 Å². The van der Waals surface area contributed by atoms with Gasteiger partial charge in [0.05, 0.1) is 0 Å². The number of rotatable bonds is 4. The molecule has 3 heteroatoms. The van der Waals surface area contributed by atoms with Gasteiger partial charge in [-0.2, -0.15) is 0 Å². The van der Waals surface area contributed by atoms with Gasteiger partial charge in [-0.15, -0.1) is 19.0 Å². The van der Waals surface area contributed by atoms with E-state index >= 15 is 0 Å². The van der Waals surface area contributed by atoms with Gasteiger partial charge in [0, 0.05) is 0 Å². The van der Waals surface area contributed by atoms with E-state index in [2.05, 4.69) is 77.2 Å². The van der Waals surface area contributed by atoms with E-state index in [-0.39, 0.29) is 42.1 Å². The standard InChI is InChI=1S/2C10H15Si.Mg/c2*1-8-4-9(2)6-10(5-8)7-11-3;/h2*4-6H,3,7,11H2,1-2H3;/q2*-1;+2. The molecule has 0 aliphatic carbocycles. The Hall–Kier alpha value is -0.360. The first-order valence-corrected chi connectivity index (χ1v) is 12.2. The molecule has 0 fully saturated rings. The molecule has 120 valence electrons. The summed E-state index contributed by atoms with van der Waals surface area (Å²) in [4.78, 5) is 0. The van der Waals surface area contributed by atoms with Crippen molar-refractivity contribution in [3.05, 3.63) is 82.9 Å². The zero-order valence-electron chi connectivity index (χ0n) is 15.4. The summed E-state index contributed by atoms with van der Waals surface area (Å²) in [7, 11) is -0.133. The molecule has 2 aromatic carbocycles. The molecule has 0 saturated carbocycles. The van der Waals surface area contributed by atoms with E-state index < -0.39 is 0 Å². The quantitative estimate of drug-likeness (QED) is 0.587. The summed E-state index contributed by atoms with van der Waals surface area (Å²) in [6, 6.07) is 16.0. The maximum absolute atomic E-state index is 3.98. The molecule has 0 amide bonds. The third kappa shape index (κ3) is 9.50. The number of hydrogen-bond donors (Lipinski definition) is 0. The third-order valence-corrected chi connectivity index (χ3v) is 5.36. The Kier molecular flexibility index (Phi) is 11.9. The average Bonchev–Trinajstić information content (AvgIpc) is 2.37. The molecule has 0 N–H and O–H groups in total. The Balaban J connectivity index is 0.000000403. The van der Waals surface area contributed by atoms with Gasteiger partial charge >= 0.3 is 23.1 Å². The fourth-order valence-corrected chi connectivity index (χ4v) is 4.23. The summed E-state index contributed by atoms with van der Waals surface area (Å²) in [6.07, 6.45) is 0. The topological polar surface area (TPSA) is 0 Å². The maximum Gasteiger partial charge on any atom is 2.00 e. The van der Waals surface area contributed by atoms with Gasteiger partial charge in [0.25, 0.3) is 0 Å². The van der Waals surface area contributed by atoms with Gasteiger partial charge in [0.2, 0.25) is 0 Å². The monoisotopic (exact) mass is 350 g/mol. The van der Waals surface area contributed by atoms with E-state index in [1.54, 1.807) is 0 Å². The molecule has 0 aliphatic rings. The van der Waals surface area contributed by atoms with Crippen LogP contribution in [0.3, 0.4) is 0 Å². The fraction of sp³-hybridized carbons (Fsp3) is 0.300. The van der Waals surface area contributed by atoms with Crippen LogP contribution in [0.25, 0.3) is 0 Å². The summed E-state index contributed by atoms with van der Waals surface area (Å²) in [6.45, 7) is 16.6. The first kappa shape index (κ1) is 22.6. The minimum absolute atomic E-state index is 0. The number of hydrogen-bond acceptors (Lipinski definition) is 0. The molecule has 0 aliphatic heterocycles. The van der Waals surface area contributed by atoms with Crippen molar-refractivity contribution in [3.63, 3.8) is 0 Å². The smallest absolute Gasteiger partial charge is 0.347 e. The van der Waals surface area contributed by atoms with Crippen LogP contribution in [0.5, 0.6) is 0 Å². The largest absolute Gasteiger partial charge is 2.00 e. The van der Waals surface area contributed by atoms with Gasteiger partial charge in [-0.25, -0.2) is 0 Å². The Labute approximate surface area is 164 Å². The van der Waals surface area contributed by atoms with E-state index in [1.165, 1.54) is 45.5 Å². The summed E-state index contributed by atoms with van der Waals surface area (Å²) < 4.78 is 0. The van der Waals surface area contributed by atoms with Crippen molar-refractivity contribution in [2.45, 2.75) is 39.8 Å². The Morgan fingerprint density at radius 2 is 0.870 bits per heavy atom. The maximum atomic E-state index is 3.98. The van der Waals surface area contributed by atoms with Gasteiger partial charge < -0.3 is 13.1 Å². The predicted molar refractivity (Wildman–Crippen MR) is 113 cm³/mol. The summed E-state index contributed by atoms with van der Waals surface area (Å²) in [5.74, 6) is 0. The molecule has 0 atom stereocenters. The second-order valence-corrected chi connectivity index (χ2v) is 8.61. The van der Waals surface area contributed by atoms with Crippen LogP contribution in [0.15, 0.2) is 36.4 Å². The third-order valence-electron chi connectivity index (χ3n) is 3.49. The van der Waals surface area contributed by atoms with Crippen LogP contribution in [0.2, 0.25) is 0 Å². The SMILES string of the molecule is [CH2-][SiH2]Cc1cc(C)cc(C)c1.[CH2-][SiH2]Cc1cc(C)cc(C)c1.[Mg+2]. The van der Waals surface area contributed by atoms with Gasteiger partial charge in [-0.05, 0) is 27.7 Å². The molecule has 0 heterocycles. The molecule has 23 heavy (non-hydrogen) atoms. The molecule has 0 bridgehead atoms. The molecule has 0 unspecified atom stereocenters. The first-order chi connectivity index (χ1) is 10.4. The molecule has 0 aromatic heterocycles. The number of aryl methyl sites for hydroxylation is 4. The zero-order valence-corrected chi connectivity index (χ0v) is 19.7. The normalized spacial score (nSPS) is 10.7. The molecule has 0 saturated heterocycles. The Bertz CT molecular complexity index is 500. The van der Waals surface area contributed by atoms with Crippen LogP contribution in [0, 0.1) is 40.8 Å². The molecular weight excluding hydrogens is 321 g/mol. The fourth-order valence-electron chi connectivity index (χ4n) is 2.83. The van der Waals surface area contributed by atoms with Crippen molar-refractivity contribution >= 4 is 42.1 Å². The van der Waals surface area contributed by atoms with E-state index in [9.17, 15) is 0 Å². The van der Waals surface area contributed by atoms with Crippen molar-refractivity contribution in [1.82, 2.24) is 0 Å². The Morgan fingerprint density at radius 3 is 1.09 bits per heavy atom. The predicted octanol–water partition coefficient (Wildman–Crippen LogP) is 3.15. The average molecular weight is 351 g/mol. The van der Waals surface area contributed by atoms with Crippen LogP contribution >= 0.6 is 0 Å². The van der Waals surface area contributed by atoms with E-state index in [0.29, 0.717) is 0 Å². The molecular formula is C20H30MgSi2. The molecule has 0 radical (unpaired) electrons. The van der Waals surface area contributed by atoms with Gasteiger partial charge in [0.15, 0.2) is 0 Å². The molecule has 0 spiro atoms. The molecule has 2 aromatic rings. The van der Waals surface area contributed by atoms with Gasteiger partial charge in [-0.1, -0.05) is 81.9 Å². The van der Waals surface area contributed by atoms with Crippen molar-refractivity contribution in [3.8, 4) is 0 Å². The van der Waals surface area contributed by atoms with Crippen LogP contribution in [-0.4, -0.2) is 42.1 Å². The first-order valence-electron chi connectivity index (χ1n) is 8.17. The van der Waals surface area contributed by atoms with Crippen molar-refractivity contribution < 1.29 is 0 Å². The van der Waals surface area contributed by atoms with Gasteiger partial charge in [0.1, 0.15) is 0 Å². The minimum atomic E-state index is -0.0663. The second kappa shape index (κ2) is 12.1. The van der Waals surface area contributed by atoms with Crippen molar-refractivity contribution in [1.29, 1.82) is 0 Å². The van der Waals surface area contributed by atoms with Crippen LogP contribution < -0.4 is 0 Å². The molecule has 2 rings (SSSR count). The zero-order chi connectivity index (χ0) is 16.5. The van der Waals surface area contributed by atoms with E-state index in [0.717, 1.165) is 0 Å². The van der Waals surface area contributed by atoms with Crippen LogP contribution in [0.4, 0.5) is 0 Å².